The van der Waals surface area contributed by atoms with Gasteiger partial charge in [0, 0.05) is 23.0 Å². The van der Waals surface area contributed by atoms with E-state index in [1.54, 1.807) is 12.1 Å². The lowest BCUT2D eigenvalue weighted by Crippen LogP contribution is -2.04. The summed E-state index contributed by atoms with van der Waals surface area (Å²) in [4.78, 5) is 0. The summed E-state index contributed by atoms with van der Waals surface area (Å²) in [5.74, 6) is 1.23. The molecule has 0 bridgehead atoms. The summed E-state index contributed by atoms with van der Waals surface area (Å²) in [7, 11) is 1.25. The molecule has 0 aliphatic rings. The van der Waals surface area contributed by atoms with Gasteiger partial charge in [-0.15, -0.1) is 17.2 Å². The topological polar surface area (TPSA) is 40.5 Å². The summed E-state index contributed by atoms with van der Waals surface area (Å²) in [5.41, 5.74) is 6.91. The molecule has 40 heavy (non-hydrogen) atoms. The van der Waals surface area contributed by atoms with E-state index in [2.05, 4.69) is 121 Å². The first-order valence-corrected chi connectivity index (χ1v) is 16.7. The van der Waals surface area contributed by atoms with Crippen molar-refractivity contribution in [3.8, 4) is 11.5 Å². The largest absolute Gasteiger partial charge is 0.508 e. The fraction of sp³-hybridized carbons (Fsp3) is 0.167. The summed E-state index contributed by atoms with van der Waals surface area (Å²) >= 11 is 0. The summed E-state index contributed by atoms with van der Waals surface area (Å²) in [5, 5.41) is 21.8. The van der Waals surface area contributed by atoms with Crippen molar-refractivity contribution >= 4 is 17.2 Å². The van der Waals surface area contributed by atoms with Crippen molar-refractivity contribution in [3.63, 3.8) is 0 Å². The van der Waals surface area contributed by atoms with Crippen LogP contribution < -0.4 is 0 Å². The van der Waals surface area contributed by atoms with E-state index in [0.29, 0.717) is 40.5 Å². The Kier molecular flexibility index (Phi) is 10.0. The van der Waals surface area contributed by atoms with Crippen molar-refractivity contribution in [2.75, 3.05) is 12.3 Å². The van der Waals surface area contributed by atoms with Crippen molar-refractivity contribution in [2.24, 2.45) is 0 Å². The van der Waals surface area contributed by atoms with Crippen LogP contribution in [0.2, 0.25) is 0 Å². The lowest BCUT2D eigenvalue weighted by molar-refractivity contribution is 0.452. The van der Waals surface area contributed by atoms with Gasteiger partial charge in [-0.25, -0.2) is 0 Å². The minimum Gasteiger partial charge on any atom is -0.508 e. The molecule has 2 unspecified atom stereocenters. The average molecular weight is 563 g/mol. The van der Waals surface area contributed by atoms with Gasteiger partial charge in [0.05, 0.1) is 0 Å². The molecule has 0 spiro atoms. The van der Waals surface area contributed by atoms with Crippen LogP contribution in [0.3, 0.4) is 0 Å². The van der Waals surface area contributed by atoms with Crippen molar-refractivity contribution in [1.29, 1.82) is 0 Å². The molecule has 5 aromatic rings. The van der Waals surface area contributed by atoms with Crippen LogP contribution in [-0.2, 0) is 12.3 Å². The minimum absolute atomic E-state index is 0.295. The van der Waals surface area contributed by atoms with Gasteiger partial charge in [-0.05, 0) is 59.0 Å². The smallest absolute Gasteiger partial charge is 0.119 e. The van der Waals surface area contributed by atoms with Crippen molar-refractivity contribution < 1.29 is 10.2 Å². The molecule has 0 radical (unpaired) electrons. The Balaban J connectivity index is 1.22. The Morgan fingerprint density at radius 2 is 0.700 bits per heavy atom. The lowest BCUT2D eigenvalue weighted by Gasteiger charge is -2.19. The van der Waals surface area contributed by atoms with Gasteiger partial charge < -0.3 is 10.2 Å². The maximum Gasteiger partial charge on any atom is 0.119 e. The fourth-order valence-corrected chi connectivity index (χ4v) is 8.16. The van der Waals surface area contributed by atoms with Gasteiger partial charge >= 0.3 is 0 Å². The van der Waals surface area contributed by atoms with E-state index in [1.807, 2.05) is 0 Å². The van der Waals surface area contributed by atoms with E-state index in [4.69, 9.17) is 0 Å². The summed E-state index contributed by atoms with van der Waals surface area (Å²) in [6.07, 6.45) is 3.50. The van der Waals surface area contributed by atoms with Crippen LogP contribution in [0.25, 0.3) is 0 Å². The highest BCUT2D eigenvalue weighted by Gasteiger charge is 2.17. The van der Waals surface area contributed by atoms with Crippen molar-refractivity contribution in [1.82, 2.24) is 0 Å². The van der Waals surface area contributed by atoms with Crippen LogP contribution in [0.5, 0.6) is 11.5 Å². The number of phenols is 2. The number of aromatic hydroxyl groups is 2. The fourth-order valence-electron chi connectivity index (χ4n) is 5.25. The molecule has 0 aromatic heterocycles. The second-order valence-electron chi connectivity index (χ2n) is 10.1. The Labute approximate surface area is 241 Å². The first-order chi connectivity index (χ1) is 19.7. The highest BCUT2D eigenvalue weighted by Crippen LogP contribution is 2.39. The molecule has 2 nitrogen and oxygen atoms in total. The number of hydrogen-bond donors (Lipinski definition) is 2. The quantitative estimate of drug-likeness (QED) is 0.118. The zero-order valence-electron chi connectivity index (χ0n) is 22.6. The van der Waals surface area contributed by atoms with Gasteiger partial charge in [-0.2, -0.15) is 0 Å². The molecule has 0 saturated heterocycles. The Bertz CT molecular complexity index is 1270. The lowest BCUT2D eigenvalue weighted by atomic mass is 9.93. The normalized spacial score (nSPS) is 11.8. The zero-order chi connectivity index (χ0) is 27.6. The number of phenolic OH excluding ortho intramolecular Hbond substituents is 2. The predicted molar refractivity (Wildman–Crippen MR) is 173 cm³/mol. The summed E-state index contributed by atoms with van der Waals surface area (Å²) < 4.78 is 0. The van der Waals surface area contributed by atoms with Gasteiger partial charge in [0.2, 0.25) is 0 Å². The van der Waals surface area contributed by atoms with Crippen LogP contribution in [-0.4, -0.2) is 22.5 Å². The van der Waals surface area contributed by atoms with Gasteiger partial charge in [0.15, 0.2) is 0 Å². The molecule has 2 N–H and O–H groups in total. The SMILES string of the molecule is Oc1cc(CPCC(c2ccccc2)c2ccccc2)c(O)cc1CPCC(c1ccccc1)c1ccccc1. The first kappa shape index (κ1) is 28.1. The maximum atomic E-state index is 10.9. The molecule has 0 fully saturated rings. The molecular weight excluding hydrogens is 526 g/mol. The highest BCUT2D eigenvalue weighted by molar-refractivity contribution is 7.37. The molecule has 0 aliphatic carbocycles. The molecule has 0 aliphatic heterocycles. The summed E-state index contributed by atoms with van der Waals surface area (Å²) in [6, 6.07) is 46.1. The second kappa shape index (κ2) is 14.3. The Hall–Kier alpha value is -3.44. The molecular formula is C36H36O2P2. The molecule has 2 atom stereocenters. The van der Waals surface area contributed by atoms with Crippen LogP contribution in [0.15, 0.2) is 133 Å². The average Bonchev–Trinajstić information content (AvgIpc) is 3.01. The highest BCUT2D eigenvalue weighted by atomic mass is 31.1. The monoisotopic (exact) mass is 562 g/mol. The first-order valence-electron chi connectivity index (χ1n) is 13.8. The molecule has 202 valence electrons. The van der Waals surface area contributed by atoms with Gasteiger partial charge in [-0.1, -0.05) is 121 Å². The van der Waals surface area contributed by atoms with Crippen LogP contribution in [0.1, 0.15) is 45.2 Å². The van der Waals surface area contributed by atoms with E-state index in [0.717, 1.165) is 35.8 Å². The predicted octanol–water partition coefficient (Wildman–Crippen LogP) is 9.12. The third-order valence-electron chi connectivity index (χ3n) is 7.42. The minimum atomic E-state index is 0.295. The number of hydrogen-bond acceptors (Lipinski definition) is 2. The standard InChI is InChI=1S/C36H36O2P2/c37-35-22-32(24-40-26-34(29-17-9-3-10-18-29)30-19-11-4-12-20-30)36(38)21-31(35)23-39-25-33(27-13-5-1-6-14-27)28-15-7-2-8-16-28/h1-22,33-34,37-40H,23-26H2. The molecule has 5 aromatic carbocycles. The van der Waals surface area contributed by atoms with Gasteiger partial charge in [-0.3, -0.25) is 0 Å². The van der Waals surface area contributed by atoms with Crippen LogP contribution in [0.4, 0.5) is 0 Å². The maximum absolute atomic E-state index is 10.9. The Morgan fingerprint density at radius 1 is 0.425 bits per heavy atom. The molecule has 4 heteroatoms. The third kappa shape index (κ3) is 7.39. The zero-order valence-corrected chi connectivity index (χ0v) is 24.6. The molecule has 0 saturated carbocycles. The van der Waals surface area contributed by atoms with E-state index in [9.17, 15) is 10.2 Å². The van der Waals surface area contributed by atoms with Gasteiger partial charge in [0.25, 0.3) is 0 Å². The van der Waals surface area contributed by atoms with E-state index in [1.165, 1.54) is 22.3 Å². The molecule has 0 amide bonds. The Morgan fingerprint density at radius 3 is 0.975 bits per heavy atom. The van der Waals surface area contributed by atoms with E-state index in [-0.39, 0.29) is 0 Å². The van der Waals surface area contributed by atoms with E-state index < -0.39 is 0 Å². The third-order valence-corrected chi connectivity index (χ3v) is 10.1. The molecule has 0 heterocycles. The van der Waals surface area contributed by atoms with Crippen LogP contribution in [0, 0.1) is 0 Å². The number of rotatable bonds is 12. The molecule has 5 rings (SSSR count). The van der Waals surface area contributed by atoms with E-state index >= 15 is 0 Å². The second-order valence-corrected chi connectivity index (χ2v) is 12.6. The van der Waals surface area contributed by atoms with Gasteiger partial charge in [0.1, 0.15) is 11.5 Å². The van der Waals surface area contributed by atoms with Crippen LogP contribution >= 0.6 is 17.2 Å². The van der Waals surface area contributed by atoms with Crippen molar-refractivity contribution in [2.45, 2.75) is 24.2 Å². The summed E-state index contributed by atoms with van der Waals surface area (Å²) in [6.45, 7) is 0. The van der Waals surface area contributed by atoms with Crippen molar-refractivity contribution in [3.05, 3.63) is 167 Å². The number of benzene rings is 5.